The molecule has 1 aliphatic heterocycles. The van der Waals surface area contributed by atoms with Gasteiger partial charge in [-0.3, -0.25) is 4.79 Å². The molecular formula is C8H6O3S. The number of hydrogen-bond acceptors (Lipinski definition) is 4. The van der Waals surface area contributed by atoms with Gasteiger partial charge in [0.1, 0.15) is 17.4 Å². The zero-order valence-corrected chi connectivity index (χ0v) is 6.93. The molecule has 0 amide bonds. The smallest absolute Gasteiger partial charge is 0.153 e. The fraction of sp³-hybridized carbons (Fsp3) is 0.125. The molecule has 12 heavy (non-hydrogen) atoms. The second-order valence-corrected chi connectivity index (χ2v) is 3.35. The molecule has 1 N–H and O–H groups in total. The molecule has 0 radical (unpaired) electrons. The topological polar surface area (TPSA) is 46.5 Å². The van der Waals surface area contributed by atoms with E-state index >= 15 is 0 Å². The Morgan fingerprint density at radius 3 is 3.17 bits per heavy atom. The molecule has 1 aromatic rings. The molecular weight excluding hydrogens is 176 g/mol. The van der Waals surface area contributed by atoms with Crippen molar-refractivity contribution in [1.82, 2.24) is 0 Å². The molecule has 1 aromatic carbocycles. The van der Waals surface area contributed by atoms with Gasteiger partial charge in [0.25, 0.3) is 0 Å². The average molecular weight is 182 g/mol. The third-order valence-electron chi connectivity index (χ3n) is 1.65. The third-order valence-corrected chi connectivity index (χ3v) is 2.51. The number of aldehydes is 1. The average Bonchev–Trinajstić information content (AvgIpc) is 2.49. The highest BCUT2D eigenvalue weighted by molar-refractivity contribution is 7.99. The van der Waals surface area contributed by atoms with E-state index in [1.54, 1.807) is 6.07 Å². The van der Waals surface area contributed by atoms with E-state index in [1.807, 2.05) is 0 Å². The molecule has 2 rings (SSSR count). The predicted octanol–water partition coefficient (Wildman–Crippen LogP) is 1.65. The molecule has 0 fully saturated rings. The lowest BCUT2D eigenvalue weighted by Gasteiger charge is -2.00. The van der Waals surface area contributed by atoms with E-state index in [0.717, 1.165) is 4.90 Å². The highest BCUT2D eigenvalue weighted by atomic mass is 32.2. The van der Waals surface area contributed by atoms with Gasteiger partial charge in [-0.2, -0.15) is 0 Å². The van der Waals surface area contributed by atoms with Crippen LogP contribution in [0.3, 0.4) is 0 Å². The molecule has 0 spiro atoms. The van der Waals surface area contributed by atoms with Gasteiger partial charge in [0, 0.05) is 6.07 Å². The van der Waals surface area contributed by atoms with Gasteiger partial charge in [-0.15, -0.1) is 0 Å². The molecule has 0 aliphatic carbocycles. The van der Waals surface area contributed by atoms with E-state index in [0.29, 0.717) is 23.5 Å². The van der Waals surface area contributed by atoms with Gasteiger partial charge in [0.05, 0.1) is 10.5 Å². The third kappa shape index (κ3) is 1.04. The lowest BCUT2D eigenvalue weighted by molar-refractivity contribution is 0.112. The van der Waals surface area contributed by atoms with Gasteiger partial charge in [-0.25, -0.2) is 0 Å². The summed E-state index contributed by atoms with van der Waals surface area (Å²) in [6.45, 7) is 0. The molecule has 62 valence electrons. The van der Waals surface area contributed by atoms with E-state index in [-0.39, 0.29) is 5.75 Å². The van der Waals surface area contributed by atoms with Crippen molar-refractivity contribution in [3.63, 3.8) is 0 Å². The fourth-order valence-electron chi connectivity index (χ4n) is 1.04. The number of thioether (sulfide) groups is 1. The summed E-state index contributed by atoms with van der Waals surface area (Å²) >= 11 is 1.51. The number of fused-ring (bicyclic) bond motifs is 1. The first-order valence-corrected chi connectivity index (χ1v) is 4.37. The molecule has 0 bridgehead atoms. The number of benzene rings is 1. The van der Waals surface area contributed by atoms with Crippen LogP contribution < -0.4 is 4.74 Å². The van der Waals surface area contributed by atoms with Crippen LogP contribution in [0.4, 0.5) is 0 Å². The quantitative estimate of drug-likeness (QED) is 0.671. The van der Waals surface area contributed by atoms with Crippen molar-refractivity contribution in [1.29, 1.82) is 0 Å². The largest absolute Gasteiger partial charge is 0.507 e. The van der Waals surface area contributed by atoms with Gasteiger partial charge in [0.15, 0.2) is 6.29 Å². The SMILES string of the molecule is O=Cc1cc2c(cc1O)OCS2. The first-order chi connectivity index (χ1) is 5.81. The number of ether oxygens (including phenoxy) is 1. The molecule has 0 saturated carbocycles. The number of carbonyl (C=O) groups excluding carboxylic acids is 1. The maximum atomic E-state index is 10.4. The highest BCUT2D eigenvalue weighted by Gasteiger charge is 2.15. The standard InChI is InChI=1S/C8H6O3S/c9-3-5-1-8-7(2-6(5)10)11-4-12-8/h1-3,10H,4H2. The van der Waals surface area contributed by atoms with Crippen molar-refractivity contribution in [3.05, 3.63) is 17.7 Å². The van der Waals surface area contributed by atoms with Gasteiger partial charge in [0.2, 0.25) is 0 Å². The summed E-state index contributed by atoms with van der Waals surface area (Å²) in [5.74, 6) is 1.19. The van der Waals surface area contributed by atoms with E-state index < -0.39 is 0 Å². The predicted molar refractivity (Wildman–Crippen MR) is 44.8 cm³/mol. The van der Waals surface area contributed by atoms with E-state index in [1.165, 1.54) is 17.8 Å². The van der Waals surface area contributed by atoms with Crippen LogP contribution in [0, 0.1) is 0 Å². The van der Waals surface area contributed by atoms with Gasteiger partial charge >= 0.3 is 0 Å². The van der Waals surface area contributed by atoms with Gasteiger partial charge in [-0.1, -0.05) is 11.8 Å². The number of aromatic hydroxyl groups is 1. The normalized spacial score (nSPS) is 13.7. The van der Waals surface area contributed by atoms with Crippen LogP contribution >= 0.6 is 11.8 Å². The summed E-state index contributed by atoms with van der Waals surface area (Å²) < 4.78 is 5.17. The first-order valence-electron chi connectivity index (χ1n) is 3.39. The summed E-state index contributed by atoms with van der Waals surface area (Å²) in [7, 11) is 0. The van der Waals surface area contributed by atoms with Crippen LogP contribution in [0.2, 0.25) is 0 Å². The van der Waals surface area contributed by atoms with Crippen LogP contribution in [0.5, 0.6) is 11.5 Å². The molecule has 0 saturated heterocycles. The Bertz CT molecular complexity index is 335. The number of carbonyl (C=O) groups is 1. The Labute approximate surface area is 73.3 Å². The van der Waals surface area contributed by atoms with Crippen molar-refractivity contribution in [2.24, 2.45) is 0 Å². The van der Waals surface area contributed by atoms with Crippen molar-refractivity contribution >= 4 is 18.0 Å². The molecule has 3 nitrogen and oxygen atoms in total. The highest BCUT2D eigenvalue weighted by Crippen LogP contribution is 2.39. The van der Waals surface area contributed by atoms with Crippen LogP contribution in [-0.2, 0) is 0 Å². The summed E-state index contributed by atoms with van der Waals surface area (Å²) in [6.07, 6.45) is 0.633. The van der Waals surface area contributed by atoms with Crippen molar-refractivity contribution in [2.45, 2.75) is 4.90 Å². The molecule has 0 unspecified atom stereocenters. The maximum Gasteiger partial charge on any atom is 0.153 e. The summed E-state index contributed by atoms with van der Waals surface area (Å²) in [5.41, 5.74) is 0.312. The van der Waals surface area contributed by atoms with E-state index in [9.17, 15) is 9.90 Å². The Morgan fingerprint density at radius 1 is 1.58 bits per heavy atom. The summed E-state index contributed by atoms with van der Waals surface area (Å²) in [4.78, 5) is 11.3. The Balaban J connectivity index is 2.56. The summed E-state index contributed by atoms with van der Waals surface area (Å²) in [6, 6.07) is 3.11. The van der Waals surface area contributed by atoms with E-state index in [4.69, 9.17) is 4.74 Å². The Hall–Kier alpha value is -1.16. The molecule has 0 aromatic heterocycles. The second kappa shape index (κ2) is 2.71. The minimum absolute atomic E-state index is 0.0220. The van der Waals surface area contributed by atoms with Crippen LogP contribution in [0.15, 0.2) is 17.0 Å². The van der Waals surface area contributed by atoms with Crippen LogP contribution in [-0.4, -0.2) is 17.3 Å². The number of phenolic OH excluding ortho intramolecular Hbond substituents is 1. The van der Waals surface area contributed by atoms with Gasteiger partial charge < -0.3 is 9.84 Å². The summed E-state index contributed by atoms with van der Waals surface area (Å²) in [5, 5.41) is 9.25. The minimum atomic E-state index is -0.0220. The van der Waals surface area contributed by atoms with Crippen LogP contribution in [0.1, 0.15) is 10.4 Å². The number of rotatable bonds is 1. The van der Waals surface area contributed by atoms with Crippen LogP contribution in [0.25, 0.3) is 0 Å². The van der Waals surface area contributed by atoms with Gasteiger partial charge in [-0.05, 0) is 6.07 Å². The van der Waals surface area contributed by atoms with E-state index in [2.05, 4.69) is 0 Å². The monoisotopic (exact) mass is 182 g/mol. The molecule has 4 heteroatoms. The van der Waals surface area contributed by atoms with Crippen molar-refractivity contribution in [3.8, 4) is 11.5 Å². The Morgan fingerprint density at radius 2 is 2.42 bits per heavy atom. The second-order valence-electron chi connectivity index (χ2n) is 2.38. The maximum absolute atomic E-state index is 10.4. The molecule has 0 atom stereocenters. The zero-order chi connectivity index (χ0) is 8.55. The zero-order valence-electron chi connectivity index (χ0n) is 6.11. The molecule has 1 aliphatic rings. The lowest BCUT2D eigenvalue weighted by Crippen LogP contribution is -1.84. The lowest BCUT2D eigenvalue weighted by atomic mass is 10.2. The molecule has 1 heterocycles. The van der Waals surface area contributed by atoms with Crippen molar-refractivity contribution in [2.75, 3.05) is 5.94 Å². The fourth-order valence-corrected chi connectivity index (χ4v) is 1.82. The van der Waals surface area contributed by atoms with Crippen molar-refractivity contribution < 1.29 is 14.6 Å². The minimum Gasteiger partial charge on any atom is -0.507 e. The first kappa shape index (κ1) is 7.49. The number of hydrogen-bond donors (Lipinski definition) is 1. The Kier molecular flexibility index (Phi) is 1.69. The number of phenols is 1.